The van der Waals surface area contributed by atoms with Crippen molar-refractivity contribution in [3.63, 3.8) is 0 Å². The van der Waals surface area contributed by atoms with Crippen LogP contribution < -0.4 is 20.4 Å². The minimum Gasteiger partial charge on any atom is -0.378 e. The Hall–Kier alpha value is -3.12. The molecule has 0 bridgehead atoms. The number of carbonyl (C=O) groups is 1. The van der Waals surface area contributed by atoms with Crippen LogP contribution >= 0.6 is 23.4 Å². The van der Waals surface area contributed by atoms with Gasteiger partial charge >= 0.3 is 6.03 Å². The molecule has 0 radical (unpaired) electrons. The highest BCUT2D eigenvalue weighted by Gasteiger charge is 2.22. The van der Waals surface area contributed by atoms with Crippen LogP contribution in [0.25, 0.3) is 11.4 Å². The molecule has 2 amide bonds. The zero-order valence-corrected chi connectivity index (χ0v) is 22.4. The lowest BCUT2D eigenvalue weighted by Crippen LogP contribution is -2.37. The lowest BCUT2D eigenvalue weighted by atomic mass is 10.2. The number of benzene rings is 2. The summed E-state index contributed by atoms with van der Waals surface area (Å²) in [6.07, 6.45) is 1.95. The smallest absolute Gasteiger partial charge is 0.323 e. The minimum absolute atomic E-state index is 0.361. The van der Waals surface area contributed by atoms with Crippen LogP contribution in [0.3, 0.4) is 0 Å². The number of para-hydroxylation sites is 1. The van der Waals surface area contributed by atoms with Gasteiger partial charge in [-0.15, -0.1) is 11.8 Å². The quantitative estimate of drug-likeness (QED) is 0.323. The Morgan fingerprint density at radius 2 is 1.61 bits per heavy atom. The van der Waals surface area contributed by atoms with E-state index in [1.165, 1.54) is 17.8 Å². The standard InChI is InChI=1S/C26H28ClFN6O3S/c1-38-22-23(27)31-24(32-25(22)34-11-15-37-16-12-34)17-5-7-18(8-6-17)29-26(35)30-20-4-2-3-19(28)21(20)33-9-13-36-14-10-33/h2-8H,9-16H2,1H3,(H2,29,30,35). The fourth-order valence-corrected chi connectivity index (χ4v) is 5.39. The van der Waals surface area contributed by atoms with E-state index in [1.807, 2.05) is 23.3 Å². The molecule has 0 unspecified atom stereocenters. The highest BCUT2D eigenvalue weighted by molar-refractivity contribution is 7.98. The predicted molar refractivity (Wildman–Crippen MR) is 149 cm³/mol. The summed E-state index contributed by atoms with van der Waals surface area (Å²) in [7, 11) is 0. The second-order valence-electron chi connectivity index (χ2n) is 8.69. The first-order chi connectivity index (χ1) is 18.5. The third-order valence-electron chi connectivity index (χ3n) is 6.28. The molecule has 2 aromatic carbocycles. The zero-order valence-electron chi connectivity index (χ0n) is 20.9. The van der Waals surface area contributed by atoms with Crippen LogP contribution in [0.5, 0.6) is 0 Å². The van der Waals surface area contributed by atoms with Crippen molar-refractivity contribution in [3.05, 3.63) is 53.4 Å². The lowest BCUT2D eigenvalue weighted by molar-refractivity contribution is 0.122. The summed E-state index contributed by atoms with van der Waals surface area (Å²) >= 11 is 8.04. The van der Waals surface area contributed by atoms with Crippen molar-refractivity contribution in [3.8, 4) is 11.4 Å². The van der Waals surface area contributed by atoms with Gasteiger partial charge in [-0.25, -0.2) is 19.2 Å². The summed E-state index contributed by atoms with van der Waals surface area (Å²) in [6.45, 7) is 4.86. The molecule has 0 atom stereocenters. The molecule has 38 heavy (non-hydrogen) atoms. The van der Waals surface area contributed by atoms with E-state index in [0.29, 0.717) is 67.6 Å². The number of nitrogens with one attached hydrogen (secondary N) is 2. The summed E-state index contributed by atoms with van der Waals surface area (Å²) in [4.78, 5) is 27.0. The van der Waals surface area contributed by atoms with Crippen molar-refractivity contribution in [2.75, 3.05) is 79.3 Å². The molecule has 2 aliphatic rings. The van der Waals surface area contributed by atoms with E-state index in [4.69, 9.17) is 26.1 Å². The minimum atomic E-state index is -0.476. The van der Waals surface area contributed by atoms with Crippen molar-refractivity contribution in [2.24, 2.45) is 0 Å². The fraction of sp³-hybridized carbons (Fsp3) is 0.346. The molecule has 9 nitrogen and oxygen atoms in total. The third-order valence-corrected chi connectivity index (χ3v) is 7.45. The Kier molecular flexibility index (Phi) is 8.48. The second-order valence-corrected chi connectivity index (χ2v) is 9.86. The molecule has 2 fully saturated rings. The number of morpholine rings is 2. The monoisotopic (exact) mass is 558 g/mol. The van der Waals surface area contributed by atoms with Crippen LogP contribution in [0.4, 0.5) is 32.1 Å². The maximum Gasteiger partial charge on any atom is 0.323 e. The van der Waals surface area contributed by atoms with Gasteiger partial charge in [0.15, 0.2) is 5.82 Å². The molecule has 12 heteroatoms. The normalized spacial score (nSPS) is 15.9. The van der Waals surface area contributed by atoms with E-state index in [9.17, 15) is 9.18 Å². The van der Waals surface area contributed by atoms with Crippen molar-refractivity contribution in [1.82, 2.24) is 9.97 Å². The Bertz CT molecular complexity index is 1290. The maximum atomic E-state index is 14.7. The number of halogens is 2. The molecule has 200 valence electrons. The first kappa shape index (κ1) is 26.5. The molecule has 5 rings (SSSR count). The average molecular weight is 559 g/mol. The number of hydrogen-bond donors (Lipinski definition) is 2. The Morgan fingerprint density at radius 3 is 2.26 bits per heavy atom. The summed E-state index contributed by atoms with van der Waals surface area (Å²) in [5.41, 5.74) is 2.09. The molecule has 0 saturated carbocycles. The van der Waals surface area contributed by atoms with Gasteiger partial charge in [-0.05, 0) is 42.7 Å². The van der Waals surface area contributed by atoms with Gasteiger partial charge in [-0.1, -0.05) is 17.7 Å². The molecule has 2 N–H and O–H groups in total. The molecule has 2 saturated heterocycles. The largest absolute Gasteiger partial charge is 0.378 e. The second kappa shape index (κ2) is 12.2. The van der Waals surface area contributed by atoms with Crippen LogP contribution in [0, 0.1) is 5.82 Å². The molecule has 3 aromatic rings. The van der Waals surface area contributed by atoms with Gasteiger partial charge in [-0.2, -0.15) is 0 Å². The van der Waals surface area contributed by atoms with Gasteiger partial charge < -0.3 is 29.9 Å². The zero-order chi connectivity index (χ0) is 26.5. The molecular formula is C26H28ClFN6O3S. The van der Waals surface area contributed by atoms with E-state index >= 15 is 0 Å². The van der Waals surface area contributed by atoms with Crippen molar-refractivity contribution in [2.45, 2.75) is 4.90 Å². The van der Waals surface area contributed by atoms with E-state index in [0.717, 1.165) is 29.4 Å². The van der Waals surface area contributed by atoms with Crippen molar-refractivity contribution < 1.29 is 18.7 Å². The number of thioether (sulfide) groups is 1. The number of aromatic nitrogens is 2. The van der Waals surface area contributed by atoms with Gasteiger partial charge in [-0.3, -0.25) is 0 Å². The van der Waals surface area contributed by atoms with Crippen LogP contribution in [0.15, 0.2) is 47.4 Å². The molecule has 3 heterocycles. The van der Waals surface area contributed by atoms with Crippen LogP contribution in [-0.4, -0.2) is 74.9 Å². The highest BCUT2D eigenvalue weighted by Crippen LogP contribution is 2.35. The van der Waals surface area contributed by atoms with Crippen LogP contribution in [0.2, 0.25) is 5.15 Å². The Balaban J connectivity index is 1.30. The van der Waals surface area contributed by atoms with E-state index < -0.39 is 11.8 Å². The number of urea groups is 1. The van der Waals surface area contributed by atoms with Gasteiger partial charge in [0.05, 0.1) is 42.7 Å². The molecule has 1 aromatic heterocycles. The first-order valence-corrected chi connectivity index (χ1v) is 13.9. The third kappa shape index (κ3) is 5.96. The molecule has 2 aliphatic heterocycles. The maximum absolute atomic E-state index is 14.7. The van der Waals surface area contributed by atoms with Crippen LogP contribution in [-0.2, 0) is 9.47 Å². The average Bonchev–Trinajstić information content (AvgIpc) is 2.94. The summed E-state index contributed by atoms with van der Waals surface area (Å²) in [6, 6.07) is 11.3. The summed E-state index contributed by atoms with van der Waals surface area (Å²) in [5.74, 6) is 0.903. The number of carbonyl (C=O) groups excluding carboxylic acids is 1. The SMILES string of the molecule is CSc1c(Cl)nc(-c2ccc(NC(=O)Nc3cccc(F)c3N3CCOCC3)cc2)nc1N1CCOCC1. The molecule has 0 spiro atoms. The number of ether oxygens (including phenoxy) is 2. The fourth-order valence-electron chi connectivity index (χ4n) is 4.42. The van der Waals surface area contributed by atoms with Crippen LogP contribution in [0.1, 0.15) is 0 Å². The number of rotatable bonds is 6. The first-order valence-electron chi connectivity index (χ1n) is 12.3. The molecule has 0 aliphatic carbocycles. The predicted octanol–water partition coefficient (Wildman–Crippen LogP) is 4.98. The van der Waals surface area contributed by atoms with Gasteiger partial charge in [0.25, 0.3) is 0 Å². The van der Waals surface area contributed by atoms with Gasteiger partial charge in [0.2, 0.25) is 0 Å². The number of amides is 2. The topological polar surface area (TPSA) is 91.9 Å². The van der Waals surface area contributed by atoms with Crippen molar-refractivity contribution >= 4 is 52.3 Å². The highest BCUT2D eigenvalue weighted by atomic mass is 35.5. The number of nitrogens with zero attached hydrogens (tertiary/aromatic N) is 4. The number of hydrogen-bond acceptors (Lipinski definition) is 8. The summed E-state index contributed by atoms with van der Waals surface area (Å²) in [5, 5.41) is 5.98. The van der Waals surface area contributed by atoms with Gasteiger partial charge in [0.1, 0.15) is 16.8 Å². The van der Waals surface area contributed by atoms with E-state index in [1.54, 1.807) is 24.3 Å². The summed E-state index contributed by atoms with van der Waals surface area (Å²) < 4.78 is 25.5. The van der Waals surface area contributed by atoms with E-state index in [-0.39, 0.29) is 0 Å². The Labute approximate surface area is 229 Å². The molecular weight excluding hydrogens is 531 g/mol. The lowest BCUT2D eigenvalue weighted by Gasteiger charge is -2.30. The van der Waals surface area contributed by atoms with Gasteiger partial charge in [0, 0.05) is 37.4 Å². The van der Waals surface area contributed by atoms with E-state index in [2.05, 4.69) is 20.5 Å². The Morgan fingerprint density at radius 1 is 0.947 bits per heavy atom. The van der Waals surface area contributed by atoms with Crippen molar-refractivity contribution in [1.29, 1.82) is 0 Å². The number of anilines is 4.